The molecule has 0 bridgehead atoms. The molecular weight excluding hydrogens is 350 g/mol. The van der Waals surface area contributed by atoms with E-state index in [9.17, 15) is 4.79 Å². The van der Waals surface area contributed by atoms with Crippen molar-refractivity contribution in [3.63, 3.8) is 0 Å². The fourth-order valence-corrected chi connectivity index (χ4v) is 3.98. The molecule has 27 heavy (non-hydrogen) atoms. The lowest BCUT2D eigenvalue weighted by molar-refractivity contribution is -0.114. The summed E-state index contributed by atoms with van der Waals surface area (Å²) < 4.78 is 6.72. The molecule has 0 aliphatic rings. The molecule has 0 heterocycles. The first-order chi connectivity index (χ1) is 12.5. The van der Waals surface area contributed by atoms with Crippen LogP contribution >= 0.6 is 0 Å². The van der Waals surface area contributed by atoms with Gasteiger partial charge in [0.15, 0.2) is 8.32 Å². The molecule has 0 aromatic heterocycles. The van der Waals surface area contributed by atoms with Gasteiger partial charge in [0.1, 0.15) is 0 Å². The number of benzene rings is 1. The maximum Gasteiger partial charge on any atom is 0.244 e. The lowest BCUT2D eigenvalue weighted by atomic mass is 9.98. The van der Waals surface area contributed by atoms with Gasteiger partial charge >= 0.3 is 0 Å². The highest BCUT2D eigenvalue weighted by Gasteiger charge is 2.39. The summed E-state index contributed by atoms with van der Waals surface area (Å²) in [4.78, 5) is 11.6. The van der Waals surface area contributed by atoms with Gasteiger partial charge in [0.05, 0.1) is 6.10 Å². The van der Waals surface area contributed by atoms with Crippen LogP contribution in [0.5, 0.6) is 0 Å². The summed E-state index contributed by atoms with van der Waals surface area (Å²) in [6.45, 7) is 15.4. The molecule has 0 spiro atoms. The average Bonchev–Trinajstić information content (AvgIpc) is 2.58. The molecule has 0 saturated heterocycles. The minimum Gasteiger partial charge on any atom is -0.413 e. The SMILES string of the molecule is CC/C(=C\CC(O[Si](C)(C)C(C)(C)C)C(C)/C=C/c1ccccc1)C(N)=O. The van der Waals surface area contributed by atoms with Gasteiger partial charge in [-0.1, -0.05) is 83.2 Å². The van der Waals surface area contributed by atoms with Crippen LogP contribution in [0.4, 0.5) is 0 Å². The second-order valence-corrected chi connectivity index (χ2v) is 13.5. The minimum atomic E-state index is -1.93. The van der Waals surface area contributed by atoms with E-state index >= 15 is 0 Å². The first kappa shape index (κ1) is 23.4. The lowest BCUT2D eigenvalue weighted by Crippen LogP contribution is -2.45. The van der Waals surface area contributed by atoms with Crippen LogP contribution in [0.3, 0.4) is 0 Å². The lowest BCUT2D eigenvalue weighted by Gasteiger charge is -2.40. The Bertz CT molecular complexity index is 657. The molecule has 1 aromatic carbocycles. The van der Waals surface area contributed by atoms with E-state index in [1.165, 1.54) is 5.56 Å². The highest BCUT2D eigenvalue weighted by Crippen LogP contribution is 2.38. The Morgan fingerprint density at radius 3 is 2.30 bits per heavy atom. The smallest absolute Gasteiger partial charge is 0.244 e. The van der Waals surface area contributed by atoms with E-state index in [1.54, 1.807) is 0 Å². The van der Waals surface area contributed by atoms with E-state index < -0.39 is 8.32 Å². The highest BCUT2D eigenvalue weighted by atomic mass is 28.4. The Kier molecular flexibility index (Phi) is 8.70. The van der Waals surface area contributed by atoms with Crippen LogP contribution < -0.4 is 5.73 Å². The zero-order chi connectivity index (χ0) is 20.7. The summed E-state index contributed by atoms with van der Waals surface area (Å²) in [7, 11) is -1.93. The Morgan fingerprint density at radius 1 is 1.22 bits per heavy atom. The van der Waals surface area contributed by atoms with Gasteiger partial charge in [-0.25, -0.2) is 0 Å². The molecule has 0 aliphatic heterocycles. The van der Waals surface area contributed by atoms with Gasteiger partial charge in [-0.3, -0.25) is 4.79 Å². The third-order valence-corrected chi connectivity index (χ3v) is 10.0. The number of amides is 1. The highest BCUT2D eigenvalue weighted by molar-refractivity contribution is 6.74. The van der Waals surface area contributed by atoms with Crippen molar-refractivity contribution >= 4 is 20.3 Å². The molecule has 0 saturated carbocycles. The summed E-state index contributed by atoms with van der Waals surface area (Å²) >= 11 is 0. The number of hydrogen-bond donors (Lipinski definition) is 1. The van der Waals surface area contributed by atoms with Crippen molar-refractivity contribution in [3.8, 4) is 0 Å². The van der Waals surface area contributed by atoms with E-state index in [2.05, 4.69) is 65.1 Å². The first-order valence-electron chi connectivity index (χ1n) is 9.88. The normalized spacial score (nSPS) is 15.7. The van der Waals surface area contributed by atoms with Crippen LogP contribution in [0.1, 0.15) is 53.0 Å². The van der Waals surface area contributed by atoms with Crippen molar-refractivity contribution in [1.82, 2.24) is 0 Å². The quantitative estimate of drug-likeness (QED) is 0.421. The van der Waals surface area contributed by atoms with Gasteiger partial charge in [0, 0.05) is 5.57 Å². The van der Waals surface area contributed by atoms with Gasteiger partial charge in [-0.05, 0) is 42.5 Å². The molecule has 2 N–H and O–H groups in total. The molecule has 4 heteroatoms. The Hall–Kier alpha value is -1.65. The third kappa shape index (κ3) is 7.47. The average molecular weight is 388 g/mol. The van der Waals surface area contributed by atoms with Gasteiger partial charge in [0.2, 0.25) is 5.91 Å². The summed E-state index contributed by atoms with van der Waals surface area (Å²) in [6, 6.07) is 10.3. The minimum absolute atomic E-state index is 0.0201. The molecular formula is C23H37NO2Si. The Balaban J connectivity index is 3.05. The number of hydrogen-bond acceptors (Lipinski definition) is 2. The van der Waals surface area contributed by atoms with Crippen molar-refractivity contribution in [2.24, 2.45) is 11.7 Å². The molecule has 0 aliphatic carbocycles. The van der Waals surface area contributed by atoms with Gasteiger partial charge in [-0.2, -0.15) is 0 Å². The summed E-state index contributed by atoms with van der Waals surface area (Å²) in [6.07, 6.45) is 7.68. The maximum atomic E-state index is 11.6. The van der Waals surface area contributed by atoms with E-state index in [0.717, 1.165) is 0 Å². The number of carbonyl (C=O) groups is 1. The van der Waals surface area contributed by atoms with Crippen LogP contribution in [0.15, 0.2) is 48.1 Å². The molecule has 1 amide bonds. The van der Waals surface area contributed by atoms with Gasteiger partial charge < -0.3 is 10.2 Å². The van der Waals surface area contributed by atoms with Crippen molar-refractivity contribution < 1.29 is 9.22 Å². The summed E-state index contributed by atoms with van der Waals surface area (Å²) in [5, 5.41) is 0.134. The van der Waals surface area contributed by atoms with Crippen LogP contribution in [0.25, 0.3) is 6.08 Å². The molecule has 0 fully saturated rings. The first-order valence-corrected chi connectivity index (χ1v) is 12.8. The molecule has 2 unspecified atom stereocenters. The molecule has 0 radical (unpaired) electrons. The van der Waals surface area contributed by atoms with Crippen molar-refractivity contribution in [3.05, 3.63) is 53.6 Å². The predicted molar refractivity (Wildman–Crippen MR) is 119 cm³/mol. The monoisotopic (exact) mass is 387 g/mol. The van der Waals surface area contributed by atoms with Gasteiger partial charge in [-0.15, -0.1) is 0 Å². The fraction of sp³-hybridized carbons (Fsp3) is 0.522. The van der Waals surface area contributed by atoms with Crippen molar-refractivity contribution in [2.75, 3.05) is 0 Å². The Morgan fingerprint density at radius 2 is 1.81 bits per heavy atom. The third-order valence-electron chi connectivity index (χ3n) is 5.52. The zero-order valence-electron chi connectivity index (χ0n) is 18.1. The fourth-order valence-electron chi connectivity index (χ4n) is 2.55. The number of nitrogens with two attached hydrogens (primary N) is 1. The van der Waals surface area contributed by atoms with Gasteiger partial charge in [0.25, 0.3) is 0 Å². The van der Waals surface area contributed by atoms with E-state index in [4.69, 9.17) is 10.2 Å². The van der Waals surface area contributed by atoms with E-state index in [-0.39, 0.29) is 23.0 Å². The number of carbonyl (C=O) groups excluding carboxylic acids is 1. The standard InChI is InChI=1S/C23H37NO2Si/c1-8-20(22(24)25)16-17-21(26-27(6,7)23(3,4)5)18(2)14-15-19-12-10-9-11-13-19/h9-16,18,21H,8,17H2,1-7H3,(H2,24,25)/b15-14+,20-16+. The summed E-state index contributed by atoms with van der Waals surface area (Å²) in [5.74, 6) is -0.113. The largest absolute Gasteiger partial charge is 0.413 e. The molecule has 3 nitrogen and oxygen atoms in total. The van der Waals surface area contributed by atoms with Crippen LogP contribution in [-0.2, 0) is 9.22 Å². The molecule has 2 atom stereocenters. The molecule has 1 aromatic rings. The maximum absolute atomic E-state index is 11.6. The van der Waals surface area contributed by atoms with Crippen molar-refractivity contribution in [1.29, 1.82) is 0 Å². The Labute approximate surface area is 166 Å². The van der Waals surface area contributed by atoms with Crippen molar-refractivity contribution in [2.45, 2.75) is 71.7 Å². The van der Waals surface area contributed by atoms with Crippen LogP contribution in [-0.4, -0.2) is 20.3 Å². The van der Waals surface area contributed by atoms with Crippen LogP contribution in [0.2, 0.25) is 18.1 Å². The number of rotatable bonds is 9. The zero-order valence-corrected chi connectivity index (χ0v) is 19.1. The molecule has 1 rings (SSSR count). The molecule has 150 valence electrons. The summed E-state index contributed by atoms with van der Waals surface area (Å²) in [5.41, 5.74) is 7.34. The van der Waals surface area contributed by atoms with Crippen LogP contribution in [0, 0.1) is 5.92 Å². The van der Waals surface area contributed by atoms with E-state index in [1.807, 2.05) is 31.2 Å². The second kappa shape index (κ2) is 10.0. The second-order valence-electron chi connectivity index (χ2n) is 8.73. The van der Waals surface area contributed by atoms with E-state index in [0.29, 0.717) is 18.4 Å². The number of primary amides is 1. The predicted octanol–water partition coefficient (Wildman–Crippen LogP) is 5.94. The topological polar surface area (TPSA) is 52.3 Å².